The van der Waals surface area contributed by atoms with Gasteiger partial charge in [0.05, 0.1) is 12.0 Å². The minimum atomic E-state index is -0.422. The highest BCUT2D eigenvalue weighted by molar-refractivity contribution is 5.74. The van der Waals surface area contributed by atoms with Crippen molar-refractivity contribution in [3.05, 3.63) is 40.7 Å². The minimum absolute atomic E-state index is 0.116. The van der Waals surface area contributed by atoms with Crippen LogP contribution in [0.25, 0.3) is 0 Å². The van der Waals surface area contributed by atoms with Gasteiger partial charge in [0.1, 0.15) is 12.1 Å². The molecule has 2 rings (SSSR count). The predicted octanol–water partition coefficient (Wildman–Crippen LogP) is 4.26. The summed E-state index contributed by atoms with van der Waals surface area (Å²) in [6, 6.07) is 7.12. The third-order valence-corrected chi connectivity index (χ3v) is 3.81. The monoisotopic (exact) mass is 373 g/mol. The van der Waals surface area contributed by atoms with Crippen molar-refractivity contribution in [2.75, 3.05) is 30.4 Å². The topological polar surface area (TPSA) is 93.4 Å². The van der Waals surface area contributed by atoms with E-state index < -0.39 is 4.92 Å². The molecule has 1 aromatic carbocycles. The lowest BCUT2D eigenvalue weighted by molar-refractivity contribution is -0.383. The van der Waals surface area contributed by atoms with Crippen LogP contribution in [-0.4, -0.2) is 35.1 Å². The van der Waals surface area contributed by atoms with Crippen LogP contribution in [0, 0.1) is 22.0 Å². The lowest BCUT2D eigenvalue weighted by Crippen LogP contribution is -2.32. The molecule has 0 aliphatic rings. The number of hydrogen-bond acceptors (Lipinski definition) is 7. The van der Waals surface area contributed by atoms with E-state index in [4.69, 9.17) is 4.74 Å². The maximum absolute atomic E-state index is 11.8. The SMILES string of the molecule is COc1ccc(Nc2ncnc(N(CC(C)C)CC(C)C)c2[N+](=O)[O-])cc1. The van der Waals surface area contributed by atoms with Gasteiger partial charge in [0, 0.05) is 18.8 Å². The molecular formula is C19H27N5O3. The first-order valence-corrected chi connectivity index (χ1v) is 8.97. The van der Waals surface area contributed by atoms with Crippen LogP contribution in [0.15, 0.2) is 30.6 Å². The zero-order valence-corrected chi connectivity index (χ0v) is 16.5. The minimum Gasteiger partial charge on any atom is -0.497 e. The van der Waals surface area contributed by atoms with Crippen LogP contribution in [0.3, 0.4) is 0 Å². The van der Waals surface area contributed by atoms with Crippen LogP contribution in [0.2, 0.25) is 0 Å². The third-order valence-electron chi connectivity index (χ3n) is 3.81. The van der Waals surface area contributed by atoms with Gasteiger partial charge in [-0.05, 0) is 36.1 Å². The fraction of sp³-hybridized carbons (Fsp3) is 0.474. The number of nitrogens with one attached hydrogen (secondary N) is 1. The molecule has 0 saturated heterocycles. The Hall–Kier alpha value is -2.90. The average Bonchev–Trinajstić information content (AvgIpc) is 2.60. The molecule has 0 aliphatic carbocycles. The largest absolute Gasteiger partial charge is 0.497 e. The van der Waals surface area contributed by atoms with E-state index in [1.165, 1.54) is 6.33 Å². The number of nitro groups is 1. The molecule has 146 valence electrons. The highest BCUT2D eigenvalue weighted by Crippen LogP contribution is 2.34. The van der Waals surface area contributed by atoms with Gasteiger partial charge in [-0.15, -0.1) is 0 Å². The van der Waals surface area contributed by atoms with E-state index in [0.29, 0.717) is 42.2 Å². The molecule has 8 nitrogen and oxygen atoms in total. The van der Waals surface area contributed by atoms with Crippen LogP contribution >= 0.6 is 0 Å². The summed E-state index contributed by atoms with van der Waals surface area (Å²) in [4.78, 5) is 21.8. The molecular weight excluding hydrogens is 346 g/mol. The molecule has 0 saturated carbocycles. The van der Waals surface area contributed by atoms with E-state index in [1.54, 1.807) is 31.4 Å². The quantitative estimate of drug-likeness (QED) is 0.518. The van der Waals surface area contributed by atoms with E-state index in [-0.39, 0.29) is 11.5 Å². The Labute approximate surface area is 159 Å². The Balaban J connectivity index is 2.43. The molecule has 1 heterocycles. The maximum Gasteiger partial charge on any atom is 0.353 e. The van der Waals surface area contributed by atoms with Crippen molar-refractivity contribution in [2.45, 2.75) is 27.7 Å². The summed E-state index contributed by atoms with van der Waals surface area (Å²) >= 11 is 0. The summed E-state index contributed by atoms with van der Waals surface area (Å²) in [6.07, 6.45) is 1.36. The molecule has 2 aromatic rings. The lowest BCUT2D eigenvalue weighted by atomic mass is 10.1. The van der Waals surface area contributed by atoms with Crippen molar-refractivity contribution < 1.29 is 9.66 Å². The Bertz CT molecular complexity index is 752. The lowest BCUT2D eigenvalue weighted by Gasteiger charge is -2.27. The molecule has 27 heavy (non-hydrogen) atoms. The fourth-order valence-corrected chi connectivity index (χ4v) is 2.80. The highest BCUT2D eigenvalue weighted by atomic mass is 16.6. The molecule has 0 unspecified atom stereocenters. The second-order valence-corrected chi connectivity index (χ2v) is 7.20. The molecule has 0 radical (unpaired) electrons. The van der Waals surface area contributed by atoms with E-state index in [0.717, 1.165) is 0 Å². The van der Waals surface area contributed by atoms with Gasteiger partial charge >= 0.3 is 5.69 Å². The highest BCUT2D eigenvalue weighted by Gasteiger charge is 2.28. The average molecular weight is 373 g/mol. The Morgan fingerprint density at radius 2 is 1.70 bits per heavy atom. The van der Waals surface area contributed by atoms with Crippen LogP contribution in [0.5, 0.6) is 5.75 Å². The first-order chi connectivity index (χ1) is 12.8. The number of rotatable bonds is 9. The first-order valence-electron chi connectivity index (χ1n) is 8.97. The Morgan fingerprint density at radius 3 is 2.19 bits per heavy atom. The summed E-state index contributed by atoms with van der Waals surface area (Å²) < 4.78 is 5.14. The van der Waals surface area contributed by atoms with Crippen LogP contribution < -0.4 is 15.0 Å². The summed E-state index contributed by atoms with van der Waals surface area (Å²) in [6.45, 7) is 9.68. The smallest absolute Gasteiger partial charge is 0.353 e. The Morgan fingerprint density at radius 1 is 1.11 bits per heavy atom. The van der Waals surface area contributed by atoms with Crippen LogP contribution in [0.1, 0.15) is 27.7 Å². The second kappa shape index (κ2) is 9.16. The van der Waals surface area contributed by atoms with Crippen molar-refractivity contribution in [3.8, 4) is 5.75 Å². The molecule has 1 aromatic heterocycles. The number of aromatic nitrogens is 2. The molecule has 0 amide bonds. The molecule has 0 atom stereocenters. The van der Waals surface area contributed by atoms with Gasteiger partial charge in [-0.1, -0.05) is 27.7 Å². The number of benzene rings is 1. The normalized spacial score (nSPS) is 10.9. The summed E-state index contributed by atoms with van der Waals surface area (Å²) in [5.74, 6) is 1.91. The standard InChI is InChI=1S/C19H27N5O3/c1-13(2)10-23(11-14(3)4)19-17(24(25)26)18(20-12-21-19)22-15-6-8-16(27-5)9-7-15/h6-9,12-14H,10-11H2,1-5H3,(H,20,21,22). The van der Waals surface area contributed by atoms with E-state index in [1.807, 2.05) is 4.90 Å². The number of ether oxygens (including phenoxy) is 1. The van der Waals surface area contributed by atoms with Crippen molar-refractivity contribution in [2.24, 2.45) is 11.8 Å². The van der Waals surface area contributed by atoms with E-state index in [2.05, 4.69) is 43.0 Å². The first kappa shape index (κ1) is 20.4. The second-order valence-electron chi connectivity index (χ2n) is 7.20. The van der Waals surface area contributed by atoms with Crippen LogP contribution in [0.4, 0.5) is 23.0 Å². The van der Waals surface area contributed by atoms with Gasteiger partial charge in [-0.3, -0.25) is 10.1 Å². The summed E-state index contributed by atoms with van der Waals surface area (Å²) in [5, 5.41) is 14.9. The number of hydrogen-bond donors (Lipinski definition) is 1. The maximum atomic E-state index is 11.8. The predicted molar refractivity (Wildman–Crippen MR) is 107 cm³/mol. The zero-order valence-electron chi connectivity index (χ0n) is 16.5. The molecule has 1 N–H and O–H groups in total. The van der Waals surface area contributed by atoms with Crippen molar-refractivity contribution in [1.29, 1.82) is 0 Å². The van der Waals surface area contributed by atoms with Gasteiger partial charge in [0.15, 0.2) is 0 Å². The van der Waals surface area contributed by atoms with E-state index in [9.17, 15) is 10.1 Å². The summed E-state index contributed by atoms with van der Waals surface area (Å²) in [7, 11) is 1.59. The molecule has 0 bridgehead atoms. The summed E-state index contributed by atoms with van der Waals surface area (Å²) in [5.41, 5.74) is 0.567. The number of methoxy groups -OCH3 is 1. The van der Waals surface area contributed by atoms with Gasteiger partial charge in [-0.2, -0.15) is 0 Å². The van der Waals surface area contributed by atoms with Crippen molar-refractivity contribution >= 4 is 23.0 Å². The van der Waals surface area contributed by atoms with Crippen molar-refractivity contribution in [3.63, 3.8) is 0 Å². The van der Waals surface area contributed by atoms with E-state index >= 15 is 0 Å². The van der Waals surface area contributed by atoms with Gasteiger partial charge in [0.25, 0.3) is 0 Å². The molecule has 8 heteroatoms. The molecule has 0 spiro atoms. The number of anilines is 3. The fourth-order valence-electron chi connectivity index (χ4n) is 2.80. The van der Waals surface area contributed by atoms with Gasteiger partial charge in [-0.25, -0.2) is 9.97 Å². The zero-order chi connectivity index (χ0) is 20.0. The number of nitrogens with zero attached hydrogens (tertiary/aromatic N) is 4. The Kier molecular flexibility index (Phi) is 6.92. The molecule has 0 fully saturated rings. The third kappa shape index (κ3) is 5.54. The molecule has 0 aliphatic heterocycles. The van der Waals surface area contributed by atoms with Crippen molar-refractivity contribution in [1.82, 2.24) is 9.97 Å². The van der Waals surface area contributed by atoms with Crippen LogP contribution in [-0.2, 0) is 0 Å². The van der Waals surface area contributed by atoms with Gasteiger partial charge in [0.2, 0.25) is 11.6 Å². The van der Waals surface area contributed by atoms with Gasteiger partial charge < -0.3 is 15.0 Å².